The second-order valence-corrected chi connectivity index (χ2v) is 4.13. The first-order valence-corrected chi connectivity index (χ1v) is 5.39. The summed E-state index contributed by atoms with van der Waals surface area (Å²) in [7, 11) is 0. The van der Waals surface area contributed by atoms with Crippen molar-refractivity contribution in [2.45, 2.75) is 13.0 Å². The molecular formula is C12H16O4. The summed E-state index contributed by atoms with van der Waals surface area (Å²) < 4.78 is 10.8. The Hall–Kier alpha value is -1.26. The Kier molecular flexibility index (Phi) is 3.31. The number of hydrogen-bond donors (Lipinski definition) is 2. The summed E-state index contributed by atoms with van der Waals surface area (Å²) >= 11 is 0. The van der Waals surface area contributed by atoms with E-state index >= 15 is 0 Å². The number of hydrogen-bond acceptors (Lipinski definition) is 4. The van der Waals surface area contributed by atoms with Gasteiger partial charge in [-0.3, -0.25) is 0 Å². The summed E-state index contributed by atoms with van der Waals surface area (Å²) in [5, 5.41) is 18.4. The zero-order chi connectivity index (χ0) is 11.5. The molecule has 2 N–H and O–H groups in total. The van der Waals surface area contributed by atoms with Crippen LogP contribution in [0.5, 0.6) is 11.5 Å². The van der Waals surface area contributed by atoms with Crippen LogP contribution in [-0.2, 0) is 0 Å². The normalized spacial score (nSPS) is 20.1. The largest absolute Gasteiger partial charge is 0.493 e. The average molecular weight is 224 g/mol. The van der Waals surface area contributed by atoms with Gasteiger partial charge in [-0.05, 0) is 12.1 Å². The van der Waals surface area contributed by atoms with E-state index in [0.717, 1.165) is 5.56 Å². The molecule has 1 aromatic rings. The molecule has 0 aromatic heterocycles. The van der Waals surface area contributed by atoms with Crippen LogP contribution < -0.4 is 9.47 Å². The molecule has 0 saturated carbocycles. The number of fused-ring (bicyclic) bond motifs is 1. The maximum Gasteiger partial charge on any atom is 0.129 e. The first-order chi connectivity index (χ1) is 7.70. The van der Waals surface area contributed by atoms with Gasteiger partial charge in [-0.2, -0.15) is 0 Å². The topological polar surface area (TPSA) is 58.9 Å². The maximum absolute atomic E-state index is 9.53. The molecule has 1 aliphatic rings. The Morgan fingerprint density at radius 1 is 1.56 bits per heavy atom. The quantitative estimate of drug-likeness (QED) is 0.804. The number of rotatable bonds is 4. The minimum Gasteiger partial charge on any atom is -0.493 e. The molecule has 4 nitrogen and oxygen atoms in total. The highest BCUT2D eigenvalue weighted by Gasteiger charge is 2.22. The van der Waals surface area contributed by atoms with Crippen molar-refractivity contribution in [1.29, 1.82) is 0 Å². The van der Waals surface area contributed by atoms with Gasteiger partial charge in [0.2, 0.25) is 0 Å². The molecule has 2 unspecified atom stereocenters. The zero-order valence-corrected chi connectivity index (χ0v) is 9.22. The Morgan fingerprint density at radius 2 is 2.38 bits per heavy atom. The fourth-order valence-electron chi connectivity index (χ4n) is 1.55. The van der Waals surface area contributed by atoms with Crippen LogP contribution >= 0.6 is 0 Å². The van der Waals surface area contributed by atoms with Gasteiger partial charge in [0.25, 0.3) is 0 Å². The number of aliphatic hydroxyl groups excluding tert-OH is 2. The Bertz CT molecular complexity index is 364. The molecule has 4 heteroatoms. The van der Waals surface area contributed by atoms with Crippen LogP contribution in [0, 0.1) is 5.92 Å². The van der Waals surface area contributed by atoms with Gasteiger partial charge in [0.15, 0.2) is 0 Å². The van der Waals surface area contributed by atoms with Gasteiger partial charge < -0.3 is 19.7 Å². The highest BCUT2D eigenvalue weighted by Crippen LogP contribution is 2.35. The van der Waals surface area contributed by atoms with Gasteiger partial charge in [-0.1, -0.05) is 6.92 Å². The molecule has 2 atom stereocenters. The highest BCUT2D eigenvalue weighted by molar-refractivity contribution is 5.44. The molecule has 0 spiro atoms. The van der Waals surface area contributed by atoms with Crippen molar-refractivity contribution in [3.8, 4) is 11.5 Å². The van der Waals surface area contributed by atoms with Crippen molar-refractivity contribution >= 4 is 0 Å². The van der Waals surface area contributed by atoms with Gasteiger partial charge in [0, 0.05) is 24.2 Å². The lowest BCUT2D eigenvalue weighted by atomic mass is 10.1. The molecule has 0 radical (unpaired) electrons. The van der Waals surface area contributed by atoms with E-state index in [1.807, 2.05) is 13.0 Å². The van der Waals surface area contributed by atoms with E-state index in [4.69, 9.17) is 14.6 Å². The number of ether oxygens (including phenoxy) is 2. The maximum atomic E-state index is 9.53. The van der Waals surface area contributed by atoms with Crippen LogP contribution in [0.15, 0.2) is 18.2 Å². The van der Waals surface area contributed by atoms with Crippen molar-refractivity contribution in [2.75, 3.05) is 19.8 Å². The summed E-state index contributed by atoms with van der Waals surface area (Å²) in [5.74, 6) is 1.49. The fraction of sp³-hybridized carbons (Fsp3) is 0.500. The van der Waals surface area contributed by atoms with E-state index in [1.54, 1.807) is 12.1 Å². The Balaban J connectivity index is 2.02. The van der Waals surface area contributed by atoms with Crippen molar-refractivity contribution in [3.05, 3.63) is 23.8 Å². The van der Waals surface area contributed by atoms with Crippen LogP contribution in [0.4, 0.5) is 0 Å². The van der Waals surface area contributed by atoms with E-state index < -0.39 is 6.10 Å². The summed E-state index contributed by atoms with van der Waals surface area (Å²) in [5.41, 5.74) is 0.808. The van der Waals surface area contributed by atoms with Crippen LogP contribution in [0.25, 0.3) is 0 Å². The molecule has 0 bridgehead atoms. The minimum atomic E-state index is -0.527. The van der Waals surface area contributed by atoms with Gasteiger partial charge in [0.05, 0.1) is 6.61 Å². The molecule has 1 aliphatic heterocycles. The van der Waals surface area contributed by atoms with Crippen molar-refractivity contribution in [1.82, 2.24) is 0 Å². The van der Waals surface area contributed by atoms with E-state index in [0.29, 0.717) is 24.7 Å². The summed E-state index contributed by atoms with van der Waals surface area (Å²) in [6, 6.07) is 5.39. The number of aliphatic hydroxyl groups is 2. The van der Waals surface area contributed by atoms with Gasteiger partial charge in [0.1, 0.15) is 24.2 Å². The molecule has 0 fully saturated rings. The standard InChI is InChI=1S/C12H16O4/c1-8(5-13)6-15-9-2-3-10-11(14)7-16-12(10)4-9/h2-4,8,11,13-14H,5-7H2,1H3. The average Bonchev–Trinajstić information content (AvgIpc) is 2.67. The first-order valence-electron chi connectivity index (χ1n) is 5.39. The predicted molar refractivity (Wildman–Crippen MR) is 58.6 cm³/mol. The van der Waals surface area contributed by atoms with Gasteiger partial charge in [-0.25, -0.2) is 0 Å². The summed E-state index contributed by atoms with van der Waals surface area (Å²) in [6.07, 6.45) is -0.527. The van der Waals surface area contributed by atoms with E-state index in [1.165, 1.54) is 0 Å². The molecule has 88 valence electrons. The molecule has 0 saturated heterocycles. The third kappa shape index (κ3) is 2.28. The lowest BCUT2D eigenvalue weighted by molar-refractivity contribution is 0.140. The smallest absolute Gasteiger partial charge is 0.129 e. The molecule has 1 aromatic carbocycles. The molecule has 0 amide bonds. The van der Waals surface area contributed by atoms with Crippen molar-refractivity contribution < 1.29 is 19.7 Å². The molecule has 16 heavy (non-hydrogen) atoms. The molecular weight excluding hydrogens is 208 g/mol. The third-order valence-corrected chi connectivity index (χ3v) is 2.59. The van der Waals surface area contributed by atoms with Crippen LogP contribution in [-0.4, -0.2) is 30.0 Å². The SMILES string of the molecule is CC(CO)COc1ccc2c(c1)OCC2O. The third-order valence-electron chi connectivity index (χ3n) is 2.59. The second kappa shape index (κ2) is 4.72. The second-order valence-electron chi connectivity index (χ2n) is 4.13. The van der Waals surface area contributed by atoms with E-state index in [2.05, 4.69) is 0 Å². The van der Waals surface area contributed by atoms with Gasteiger partial charge in [-0.15, -0.1) is 0 Å². The van der Waals surface area contributed by atoms with Crippen LogP contribution in [0.1, 0.15) is 18.6 Å². The van der Waals surface area contributed by atoms with Crippen LogP contribution in [0.3, 0.4) is 0 Å². The lowest BCUT2D eigenvalue weighted by Crippen LogP contribution is -2.12. The number of benzene rings is 1. The Morgan fingerprint density at radius 3 is 3.12 bits per heavy atom. The minimum absolute atomic E-state index is 0.111. The van der Waals surface area contributed by atoms with E-state index in [9.17, 15) is 5.11 Å². The highest BCUT2D eigenvalue weighted by atomic mass is 16.5. The first kappa shape index (κ1) is 11.2. The van der Waals surface area contributed by atoms with E-state index in [-0.39, 0.29) is 12.5 Å². The van der Waals surface area contributed by atoms with Gasteiger partial charge >= 0.3 is 0 Å². The summed E-state index contributed by atoms with van der Waals surface area (Å²) in [4.78, 5) is 0. The van der Waals surface area contributed by atoms with Crippen molar-refractivity contribution in [3.63, 3.8) is 0 Å². The van der Waals surface area contributed by atoms with Crippen LogP contribution in [0.2, 0.25) is 0 Å². The van der Waals surface area contributed by atoms with Crippen molar-refractivity contribution in [2.24, 2.45) is 5.92 Å². The monoisotopic (exact) mass is 224 g/mol. The zero-order valence-electron chi connectivity index (χ0n) is 9.22. The predicted octanol–water partition coefficient (Wildman–Crippen LogP) is 1.12. The lowest BCUT2D eigenvalue weighted by Gasteiger charge is -2.11. The summed E-state index contributed by atoms with van der Waals surface area (Å²) in [6.45, 7) is 2.80. The Labute approximate surface area is 94.4 Å². The molecule has 0 aliphatic carbocycles. The molecule has 1 heterocycles. The fourth-order valence-corrected chi connectivity index (χ4v) is 1.55. The molecule has 2 rings (SSSR count).